The number of piperazine rings is 1. The van der Waals surface area contributed by atoms with Gasteiger partial charge in [0.1, 0.15) is 0 Å². The molecule has 6 nitrogen and oxygen atoms in total. The van der Waals surface area contributed by atoms with Gasteiger partial charge in [0.15, 0.2) is 0 Å². The van der Waals surface area contributed by atoms with Crippen molar-refractivity contribution in [2.45, 2.75) is 6.42 Å². The van der Waals surface area contributed by atoms with E-state index >= 15 is 0 Å². The number of anilines is 1. The topological polar surface area (TPSA) is 53.4 Å². The van der Waals surface area contributed by atoms with Gasteiger partial charge in [-0.15, -0.1) is 0 Å². The van der Waals surface area contributed by atoms with Crippen molar-refractivity contribution >= 4 is 23.0 Å². The lowest BCUT2D eigenvalue weighted by atomic mass is 10.1. The highest BCUT2D eigenvalue weighted by Gasteiger charge is 2.23. The van der Waals surface area contributed by atoms with Crippen molar-refractivity contribution in [3.8, 4) is 0 Å². The maximum absolute atomic E-state index is 12.4. The Kier molecular flexibility index (Phi) is 4.96. The van der Waals surface area contributed by atoms with Gasteiger partial charge in [-0.2, -0.15) is 0 Å². The van der Waals surface area contributed by atoms with Gasteiger partial charge in [0.25, 0.3) is 0 Å². The van der Waals surface area contributed by atoms with E-state index in [9.17, 15) is 4.79 Å². The minimum Gasteiger partial charge on any atom is -0.339 e. The molecule has 1 fully saturated rings. The molecule has 140 valence electrons. The summed E-state index contributed by atoms with van der Waals surface area (Å²) in [5, 5.41) is 3.04. The SMILES string of the molecule is Cn1c(N2CCN(C(=O)NCCc3ccccc3)CC2)nc2ccccc21. The van der Waals surface area contributed by atoms with Crippen LogP contribution in [0, 0.1) is 0 Å². The Morgan fingerprint density at radius 3 is 2.44 bits per heavy atom. The van der Waals surface area contributed by atoms with E-state index in [0.717, 1.165) is 36.5 Å². The minimum absolute atomic E-state index is 0.0237. The third kappa shape index (κ3) is 3.74. The van der Waals surface area contributed by atoms with Crippen molar-refractivity contribution in [3.05, 3.63) is 60.2 Å². The zero-order valence-electron chi connectivity index (χ0n) is 15.6. The summed E-state index contributed by atoms with van der Waals surface area (Å²) >= 11 is 0. The van der Waals surface area contributed by atoms with Crippen LogP contribution in [0.4, 0.5) is 10.7 Å². The molecule has 0 atom stereocenters. The molecule has 0 spiro atoms. The Hall–Kier alpha value is -3.02. The zero-order chi connectivity index (χ0) is 18.6. The van der Waals surface area contributed by atoms with Crippen LogP contribution in [0.5, 0.6) is 0 Å². The summed E-state index contributed by atoms with van der Waals surface area (Å²) in [6.07, 6.45) is 0.854. The summed E-state index contributed by atoms with van der Waals surface area (Å²) in [6, 6.07) is 18.4. The Labute approximate surface area is 159 Å². The first kappa shape index (κ1) is 17.4. The molecule has 27 heavy (non-hydrogen) atoms. The molecule has 2 heterocycles. The Bertz CT molecular complexity index is 913. The van der Waals surface area contributed by atoms with Crippen molar-refractivity contribution in [1.82, 2.24) is 19.8 Å². The average molecular weight is 363 g/mol. The van der Waals surface area contributed by atoms with E-state index in [1.165, 1.54) is 5.56 Å². The number of hydrogen-bond donors (Lipinski definition) is 1. The Morgan fingerprint density at radius 1 is 1.00 bits per heavy atom. The van der Waals surface area contributed by atoms with Gasteiger partial charge in [0, 0.05) is 39.8 Å². The molecule has 1 aliphatic rings. The number of carbonyl (C=O) groups excluding carboxylic acids is 1. The fourth-order valence-electron chi connectivity index (χ4n) is 3.60. The van der Waals surface area contributed by atoms with Gasteiger partial charge >= 0.3 is 6.03 Å². The molecule has 0 saturated carbocycles. The number of carbonyl (C=O) groups is 1. The average Bonchev–Trinajstić information content (AvgIpc) is 3.06. The second-order valence-corrected chi connectivity index (χ2v) is 6.90. The van der Waals surface area contributed by atoms with Gasteiger partial charge in [-0.3, -0.25) is 0 Å². The normalized spacial score (nSPS) is 14.6. The van der Waals surface area contributed by atoms with E-state index in [2.05, 4.69) is 33.0 Å². The predicted molar refractivity (Wildman–Crippen MR) is 108 cm³/mol. The van der Waals surface area contributed by atoms with Crippen LogP contribution in [0.2, 0.25) is 0 Å². The van der Waals surface area contributed by atoms with Gasteiger partial charge in [-0.1, -0.05) is 42.5 Å². The quantitative estimate of drug-likeness (QED) is 0.775. The summed E-state index contributed by atoms with van der Waals surface area (Å²) in [5.74, 6) is 0.973. The second-order valence-electron chi connectivity index (χ2n) is 6.90. The molecule has 1 aromatic heterocycles. The molecule has 0 unspecified atom stereocenters. The first-order chi connectivity index (χ1) is 13.2. The van der Waals surface area contributed by atoms with E-state index in [-0.39, 0.29) is 6.03 Å². The van der Waals surface area contributed by atoms with E-state index in [1.54, 1.807) is 0 Å². The van der Waals surface area contributed by atoms with E-state index < -0.39 is 0 Å². The van der Waals surface area contributed by atoms with Crippen molar-refractivity contribution in [3.63, 3.8) is 0 Å². The number of fused-ring (bicyclic) bond motifs is 1. The van der Waals surface area contributed by atoms with Crippen LogP contribution in [0.3, 0.4) is 0 Å². The zero-order valence-corrected chi connectivity index (χ0v) is 15.6. The summed E-state index contributed by atoms with van der Waals surface area (Å²) in [5.41, 5.74) is 3.38. The van der Waals surface area contributed by atoms with E-state index in [1.807, 2.05) is 48.3 Å². The number of aromatic nitrogens is 2. The van der Waals surface area contributed by atoms with E-state index in [4.69, 9.17) is 4.98 Å². The van der Waals surface area contributed by atoms with Gasteiger partial charge in [0.05, 0.1) is 11.0 Å². The lowest BCUT2D eigenvalue weighted by Crippen LogP contribution is -2.52. The van der Waals surface area contributed by atoms with Crippen LogP contribution in [0.15, 0.2) is 54.6 Å². The molecule has 1 aliphatic heterocycles. The lowest BCUT2D eigenvalue weighted by molar-refractivity contribution is 0.194. The number of rotatable bonds is 4. The lowest BCUT2D eigenvalue weighted by Gasteiger charge is -2.35. The van der Waals surface area contributed by atoms with Gasteiger partial charge in [-0.05, 0) is 24.1 Å². The highest BCUT2D eigenvalue weighted by atomic mass is 16.2. The molecular formula is C21H25N5O. The molecule has 1 N–H and O–H groups in total. The summed E-state index contributed by atoms with van der Waals surface area (Å²) in [6.45, 7) is 3.67. The molecule has 3 aromatic rings. The number of aryl methyl sites for hydroxylation is 1. The highest BCUT2D eigenvalue weighted by Crippen LogP contribution is 2.22. The molecular weight excluding hydrogens is 338 g/mol. The Balaban J connectivity index is 1.30. The van der Waals surface area contributed by atoms with Gasteiger partial charge in [0.2, 0.25) is 5.95 Å². The van der Waals surface area contributed by atoms with Crippen LogP contribution < -0.4 is 10.2 Å². The fraction of sp³-hybridized carbons (Fsp3) is 0.333. The second kappa shape index (κ2) is 7.70. The van der Waals surface area contributed by atoms with E-state index in [0.29, 0.717) is 19.6 Å². The molecule has 2 amide bonds. The van der Waals surface area contributed by atoms with Crippen molar-refractivity contribution < 1.29 is 4.79 Å². The highest BCUT2D eigenvalue weighted by molar-refractivity contribution is 5.79. The summed E-state index contributed by atoms with van der Waals surface area (Å²) in [4.78, 5) is 21.3. The maximum atomic E-state index is 12.4. The van der Waals surface area contributed by atoms with Crippen LogP contribution in [0.25, 0.3) is 11.0 Å². The molecule has 2 aromatic carbocycles. The smallest absolute Gasteiger partial charge is 0.317 e. The third-order valence-corrected chi connectivity index (χ3v) is 5.15. The molecule has 1 saturated heterocycles. The largest absolute Gasteiger partial charge is 0.339 e. The van der Waals surface area contributed by atoms with Crippen molar-refractivity contribution in [1.29, 1.82) is 0 Å². The first-order valence-corrected chi connectivity index (χ1v) is 9.45. The first-order valence-electron chi connectivity index (χ1n) is 9.45. The molecule has 4 rings (SSSR count). The number of nitrogens with zero attached hydrogens (tertiary/aromatic N) is 4. The number of benzene rings is 2. The van der Waals surface area contributed by atoms with Gasteiger partial charge < -0.3 is 19.7 Å². The van der Waals surface area contributed by atoms with Crippen LogP contribution in [0.1, 0.15) is 5.56 Å². The number of urea groups is 1. The number of nitrogens with one attached hydrogen (secondary N) is 1. The number of para-hydroxylation sites is 2. The standard InChI is InChI=1S/C21H25N5O/c1-24-19-10-6-5-9-18(19)23-20(24)25-13-15-26(16-14-25)21(27)22-12-11-17-7-3-2-4-8-17/h2-10H,11-16H2,1H3,(H,22,27). The molecule has 6 heteroatoms. The monoisotopic (exact) mass is 363 g/mol. The summed E-state index contributed by atoms with van der Waals surface area (Å²) < 4.78 is 2.13. The summed E-state index contributed by atoms with van der Waals surface area (Å²) in [7, 11) is 2.05. The maximum Gasteiger partial charge on any atom is 0.317 e. The van der Waals surface area contributed by atoms with Crippen LogP contribution >= 0.6 is 0 Å². The molecule has 0 radical (unpaired) electrons. The number of hydrogen-bond acceptors (Lipinski definition) is 3. The Morgan fingerprint density at radius 2 is 1.70 bits per heavy atom. The number of imidazole rings is 1. The van der Waals surface area contributed by atoms with Crippen molar-refractivity contribution in [2.75, 3.05) is 37.6 Å². The molecule has 0 bridgehead atoms. The molecule has 0 aliphatic carbocycles. The minimum atomic E-state index is 0.0237. The fourth-order valence-corrected chi connectivity index (χ4v) is 3.60. The van der Waals surface area contributed by atoms with Crippen molar-refractivity contribution in [2.24, 2.45) is 7.05 Å². The predicted octanol–water partition coefficient (Wildman–Crippen LogP) is 2.65. The third-order valence-electron chi connectivity index (χ3n) is 5.15. The van der Waals surface area contributed by atoms with Crippen LogP contribution in [-0.2, 0) is 13.5 Å². The van der Waals surface area contributed by atoms with Gasteiger partial charge in [-0.25, -0.2) is 9.78 Å². The van der Waals surface area contributed by atoms with Crippen LogP contribution in [-0.4, -0.2) is 53.2 Å². The number of amides is 2.